The van der Waals surface area contributed by atoms with E-state index in [0.717, 1.165) is 12.1 Å². The van der Waals surface area contributed by atoms with E-state index in [2.05, 4.69) is 0 Å². The number of carbonyl (C=O) groups is 2. The molecule has 0 unspecified atom stereocenters. The van der Waals surface area contributed by atoms with Crippen molar-refractivity contribution in [2.45, 2.75) is 0 Å². The Morgan fingerprint density at radius 2 is 1.50 bits per heavy atom. The summed E-state index contributed by atoms with van der Waals surface area (Å²) < 4.78 is 31.9. The van der Waals surface area contributed by atoms with Crippen molar-refractivity contribution in [1.82, 2.24) is 10.9 Å². The lowest BCUT2D eigenvalue weighted by molar-refractivity contribution is 0.0842. The Hall–Kier alpha value is -2.96. The van der Waals surface area contributed by atoms with Gasteiger partial charge < -0.3 is 4.74 Å². The Morgan fingerprint density at radius 1 is 0.909 bits per heavy atom. The molecule has 0 radical (unpaired) electrons. The number of hydrogen-bond acceptors (Lipinski definition) is 3. The number of methoxy groups -OCH3 is 1. The minimum atomic E-state index is -0.871. The second-order valence-corrected chi connectivity index (χ2v) is 4.23. The zero-order chi connectivity index (χ0) is 16.1. The van der Waals surface area contributed by atoms with E-state index in [9.17, 15) is 18.4 Å². The van der Waals surface area contributed by atoms with Crippen molar-refractivity contribution in [1.29, 1.82) is 0 Å². The molecule has 0 spiro atoms. The standard InChI is InChI=1S/C15H12F2N2O3/c1-22-9-6-7-11(13(17)8-9)15(21)19-18-14(20)10-4-2-3-5-12(10)16/h2-8H,1H3,(H,18,20)(H,19,21). The van der Waals surface area contributed by atoms with Crippen molar-refractivity contribution in [3.63, 3.8) is 0 Å². The third-order valence-electron chi connectivity index (χ3n) is 2.83. The van der Waals surface area contributed by atoms with Crippen molar-refractivity contribution < 1.29 is 23.1 Å². The van der Waals surface area contributed by atoms with Crippen molar-refractivity contribution in [3.05, 3.63) is 65.2 Å². The summed E-state index contributed by atoms with van der Waals surface area (Å²) in [7, 11) is 1.36. The van der Waals surface area contributed by atoms with Crippen molar-refractivity contribution >= 4 is 11.8 Å². The maximum Gasteiger partial charge on any atom is 0.272 e. The average Bonchev–Trinajstić information content (AvgIpc) is 2.52. The van der Waals surface area contributed by atoms with Gasteiger partial charge in [-0.3, -0.25) is 20.4 Å². The zero-order valence-corrected chi connectivity index (χ0v) is 11.5. The van der Waals surface area contributed by atoms with Crippen LogP contribution in [0.4, 0.5) is 8.78 Å². The van der Waals surface area contributed by atoms with Gasteiger partial charge in [0.2, 0.25) is 0 Å². The predicted molar refractivity (Wildman–Crippen MR) is 74.3 cm³/mol. The van der Waals surface area contributed by atoms with Crippen LogP contribution in [0, 0.1) is 11.6 Å². The molecule has 0 bridgehead atoms. The van der Waals surface area contributed by atoms with E-state index in [1.54, 1.807) is 0 Å². The van der Waals surface area contributed by atoms with Gasteiger partial charge >= 0.3 is 0 Å². The maximum absolute atomic E-state index is 13.7. The first-order valence-corrected chi connectivity index (χ1v) is 6.21. The molecule has 0 heterocycles. The summed E-state index contributed by atoms with van der Waals surface area (Å²) in [5.74, 6) is -3.00. The summed E-state index contributed by atoms with van der Waals surface area (Å²) in [6.45, 7) is 0. The Balaban J connectivity index is 2.04. The molecule has 0 saturated heterocycles. The van der Waals surface area contributed by atoms with Gasteiger partial charge in [0, 0.05) is 6.07 Å². The van der Waals surface area contributed by atoms with Gasteiger partial charge in [0.05, 0.1) is 18.2 Å². The van der Waals surface area contributed by atoms with E-state index in [-0.39, 0.29) is 16.9 Å². The molecule has 0 aromatic heterocycles. The van der Waals surface area contributed by atoms with Gasteiger partial charge in [-0.15, -0.1) is 0 Å². The fourth-order valence-corrected chi connectivity index (χ4v) is 1.70. The van der Waals surface area contributed by atoms with Crippen LogP contribution in [0.25, 0.3) is 0 Å². The second kappa shape index (κ2) is 6.66. The predicted octanol–water partition coefficient (Wildman–Crippen LogP) is 2.05. The molecule has 2 rings (SSSR count). The van der Waals surface area contributed by atoms with E-state index in [1.165, 1.54) is 37.4 Å². The number of amides is 2. The quantitative estimate of drug-likeness (QED) is 0.853. The number of hydrazine groups is 1. The van der Waals surface area contributed by atoms with Gasteiger partial charge in [-0.2, -0.15) is 0 Å². The molecule has 22 heavy (non-hydrogen) atoms. The number of ether oxygens (including phenoxy) is 1. The number of carbonyl (C=O) groups excluding carboxylic acids is 2. The van der Waals surface area contributed by atoms with Gasteiger partial charge in [0.15, 0.2) is 0 Å². The summed E-state index contributed by atoms with van der Waals surface area (Å²) in [6.07, 6.45) is 0. The van der Waals surface area contributed by atoms with Crippen LogP contribution in [0.2, 0.25) is 0 Å². The van der Waals surface area contributed by atoms with Crippen LogP contribution >= 0.6 is 0 Å². The van der Waals surface area contributed by atoms with E-state index < -0.39 is 23.4 Å². The topological polar surface area (TPSA) is 67.4 Å². The summed E-state index contributed by atoms with van der Waals surface area (Å²) in [6, 6.07) is 8.91. The Kier molecular flexibility index (Phi) is 4.67. The van der Waals surface area contributed by atoms with Crippen LogP contribution in [0.5, 0.6) is 5.75 Å². The van der Waals surface area contributed by atoms with Crippen molar-refractivity contribution in [2.75, 3.05) is 7.11 Å². The monoisotopic (exact) mass is 306 g/mol. The minimum absolute atomic E-state index is 0.238. The largest absolute Gasteiger partial charge is 0.497 e. The molecule has 2 amide bonds. The number of halogens is 2. The summed E-state index contributed by atoms with van der Waals surface area (Å²) in [5.41, 5.74) is 3.51. The number of benzene rings is 2. The molecule has 0 aliphatic rings. The maximum atomic E-state index is 13.7. The lowest BCUT2D eigenvalue weighted by atomic mass is 10.2. The first-order chi connectivity index (χ1) is 10.5. The Bertz CT molecular complexity index is 720. The molecule has 2 aromatic carbocycles. The van der Waals surface area contributed by atoms with Gasteiger partial charge in [-0.1, -0.05) is 12.1 Å². The van der Waals surface area contributed by atoms with E-state index in [1.807, 2.05) is 10.9 Å². The fraction of sp³-hybridized carbons (Fsp3) is 0.0667. The highest BCUT2D eigenvalue weighted by molar-refractivity contribution is 5.99. The molecule has 7 heteroatoms. The van der Waals surface area contributed by atoms with Gasteiger partial charge in [0.1, 0.15) is 17.4 Å². The fourth-order valence-electron chi connectivity index (χ4n) is 1.70. The Labute approximate surface area is 124 Å². The van der Waals surface area contributed by atoms with Gasteiger partial charge in [-0.25, -0.2) is 8.78 Å². The van der Waals surface area contributed by atoms with E-state index in [0.29, 0.717) is 0 Å². The van der Waals surface area contributed by atoms with Crippen molar-refractivity contribution in [3.8, 4) is 5.75 Å². The normalized spacial score (nSPS) is 9.95. The summed E-state index contributed by atoms with van der Waals surface area (Å²) in [5, 5.41) is 0. The third-order valence-corrected chi connectivity index (χ3v) is 2.83. The van der Waals surface area contributed by atoms with Crippen LogP contribution in [0.15, 0.2) is 42.5 Å². The second-order valence-electron chi connectivity index (χ2n) is 4.23. The minimum Gasteiger partial charge on any atom is -0.497 e. The molecular weight excluding hydrogens is 294 g/mol. The lowest BCUT2D eigenvalue weighted by Gasteiger charge is -2.09. The number of rotatable bonds is 3. The smallest absolute Gasteiger partial charge is 0.272 e. The zero-order valence-electron chi connectivity index (χ0n) is 11.5. The highest BCUT2D eigenvalue weighted by Gasteiger charge is 2.15. The third kappa shape index (κ3) is 3.38. The van der Waals surface area contributed by atoms with Crippen LogP contribution in [0.3, 0.4) is 0 Å². The van der Waals surface area contributed by atoms with Crippen molar-refractivity contribution in [2.24, 2.45) is 0 Å². The SMILES string of the molecule is COc1ccc(C(=O)NNC(=O)c2ccccc2F)c(F)c1. The first kappa shape index (κ1) is 15.4. The first-order valence-electron chi connectivity index (χ1n) is 6.21. The summed E-state index contributed by atoms with van der Waals surface area (Å²) in [4.78, 5) is 23.5. The van der Waals surface area contributed by atoms with E-state index in [4.69, 9.17) is 4.74 Å². The van der Waals surface area contributed by atoms with E-state index >= 15 is 0 Å². The molecule has 0 aliphatic heterocycles. The lowest BCUT2D eigenvalue weighted by Crippen LogP contribution is -2.42. The molecule has 0 atom stereocenters. The van der Waals surface area contributed by atoms with Gasteiger partial charge in [0.25, 0.3) is 11.8 Å². The molecule has 0 saturated carbocycles. The average molecular weight is 306 g/mol. The molecule has 5 nitrogen and oxygen atoms in total. The van der Waals surface area contributed by atoms with Crippen LogP contribution in [-0.4, -0.2) is 18.9 Å². The molecule has 0 fully saturated rings. The molecular formula is C15H12F2N2O3. The highest BCUT2D eigenvalue weighted by Crippen LogP contribution is 2.15. The van der Waals surface area contributed by atoms with Crippen LogP contribution in [-0.2, 0) is 0 Å². The molecule has 2 aromatic rings. The van der Waals surface area contributed by atoms with Crippen LogP contribution in [0.1, 0.15) is 20.7 Å². The molecule has 114 valence electrons. The van der Waals surface area contributed by atoms with Crippen LogP contribution < -0.4 is 15.6 Å². The number of nitrogens with one attached hydrogen (secondary N) is 2. The molecule has 2 N–H and O–H groups in total. The Morgan fingerprint density at radius 3 is 2.05 bits per heavy atom. The number of hydrogen-bond donors (Lipinski definition) is 2. The highest BCUT2D eigenvalue weighted by atomic mass is 19.1. The summed E-state index contributed by atoms with van der Waals surface area (Å²) >= 11 is 0. The molecule has 0 aliphatic carbocycles. The van der Waals surface area contributed by atoms with Gasteiger partial charge in [-0.05, 0) is 24.3 Å².